The van der Waals surface area contributed by atoms with Crippen molar-refractivity contribution in [3.05, 3.63) is 24.0 Å². The molecule has 2 N–H and O–H groups in total. The maximum atomic E-state index is 12.2. The van der Waals surface area contributed by atoms with Gasteiger partial charge in [-0.2, -0.15) is 0 Å². The van der Waals surface area contributed by atoms with Gasteiger partial charge in [0.2, 0.25) is 0 Å². The molecule has 1 aliphatic rings. The monoisotopic (exact) mass is 292 g/mol. The first-order valence-electron chi connectivity index (χ1n) is 7.70. The number of aliphatic hydroxyl groups excluding tert-OH is 1. The van der Waals surface area contributed by atoms with Gasteiger partial charge in [0, 0.05) is 11.8 Å². The van der Waals surface area contributed by atoms with Crippen LogP contribution in [-0.2, 0) is 16.1 Å². The van der Waals surface area contributed by atoms with Gasteiger partial charge in [0.25, 0.3) is 5.91 Å². The van der Waals surface area contributed by atoms with Crippen LogP contribution < -0.4 is 5.32 Å². The molecule has 0 aliphatic heterocycles. The Morgan fingerprint density at radius 1 is 1.43 bits per heavy atom. The molecule has 21 heavy (non-hydrogen) atoms. The van der Waals surface area contributed by atoms with Crippen molar-refractivity contribution in [3.63, 3.8) is 0 Å². The molecule has 1 aromatic heterocycles. The number of carbonyl (C=O) groups excluding carboxylic acids is 1. The van der Waals surface area contributed by atoms with Gasteiger partial charge >= 0.3 is 0 Å². The predicted octanol–water partition coefficient (Wildman–Crippen LogP) is 2.64. The van der Waals surface area contributed by atoms with Gasteiger partial charge in [0.05, 0.1) is 24.6 Å². The minimum atomic E-state index is -0.500. The SMILES string of the molecule is CC(OC1CCCCCC1)C(=O)Nc1cnccc1CO. The molecular weight excluding hydrogens is 268 g/mol. The normalized spacial score (nSPS) is 18.0. The molecule has 0 spiro atoms. The third kappa shape index (κ3) is 4.79. The minimum Gasteiger partial charge on any atom is -0.392 e. The van der Waals surface area contributed by atoms with Gasteiger partial charge in [-0.1, -0.05) is 25.7 Å². The number of nitrogens with zero attached hydrogens (tertiary/aromatic N) is 1. The number of ether oxygens (including phenoxy) is 1. The lowest BCUT2D eigenvalue weighted by Gasteiger charge is -2.21. The van der Waals surface area contributed by atoms with E-state index in [1.54, 1.807) is 25.4 Å². The highest BCUT2D eigenvalue weighted by atomic mass is 16.5. The van der Waals surface area contributed by atoms with Gasteiger partial charge in [-0.05, 0) is 25.8 Å². The van der Waals surface area contributed by atoms with Crippen molar-refractivity contribution in [2.45, 2.75) is 64.3 Å². The number of nitrogens with one attached hydrogen (secondary N) is 1. The van der Waals surface area contributed by atoms with Crippen molar-refractivity contribution in [2.75, 3.05) is 5.32 Å². The number of anilines is 1. The summed E-state index contributed by atoms with van der Waals surface area (Å²) in [6, 6.07) is 1.69. The first kappa shape index (κ1) is 15.9. The minimum absolute atomic E-state index is 0.129. The summed E-state index contributed by atoms with van der Waals surface area (Å²) < 4.78 is 5.88. The lowest BCUT2D eigenvalue weighted by molar-refractivity contribution is -0.130. The smallest absolute Gasteiger partial charge is 0.253 e. The molecule has 5 nitrogen and oxygen atoms in total. The first-order valence-corrected chi connectivity index (χ1v) is 7.70. The molecule has 2 rings (SSSR count). The maximum Gasteiger partial charge on any atom is 0.253 e. The Morgan fingerprint density at radius 2 is 2.14 bits per heavy atom. The summed E-state index contributed by atoms with van der Waals surface area (Å²) in [7, 11) is 0. The topological polar surface area (TPSA) is 71.5 Å². The van der Waals surface area contributed by atoms with Crippen molar-refractivity contribution in [2.24, 2.45) is 0 Å². The van der Waals surface area contributed by atoms with E-state index in [1.165, 1.54) is 25.7 Å². The quantitative estimate of drug-likeness (QED) is 0.818. The van der Waals surface area contributed by atoms with Crippen LogP contribution in [0.3, 0.4) is 0 Å². The van der Waals surface area contributed by atoms with Crippen LogP contribution in [0.5, 0.6) is 0 Å². The molecule has 0 bridgehead atoms. The lowest BCUT2D eigenvalue weighted by Crippen LogP contribution is -2.32. The summed E-state index contributed by atoms with van der Waals surface area (Å²) in [4.78, 5) is 16.2. The molecule has 1 saturated carbocycles. The molecule has 0 saturated heterocycles. The number of amides is 1. The Kier molecular flexibility index (Phi) is 6.14. The van der Waals surface area contributed by atoms with Crippen LogP contribution in [0.25, 0.3) is 0 Å². The molecule has 1 aliphatic carbocycles. The van der Waals surface area contributed by atoms with Gasteiger partial charge in [0.1, 0.15) is 6.10 Å². The average molecular weight is 292 g/mol. The Labute approximate surface area is 125 Å². The second kappa shape index (κ2) is 8.10. The number of carbonyl (C=O) groups is 1. The highest BCUT2D eigenvalue weighted by Gasteiger charge is 2.21. The molecule has 0 aromatic carbocycles. The fourth-order valence-corrected chi connectivity index (χ4v) is 2.64. The number of aromatic nitrogens is 1. The van der Waals surface area contributed by atoms with Crippen molar-refractivity contribution in [1.29, 1.82) is 0 Å². The molecule has 1 heterocycles. The molecule has 5 heteroatoms. The summed E-state index contributed by atoms with van der Waals surface area (Å²) in [6.45, 7) is 1.64. The van der Waals surface area contributed by atoms with Gasteiger partial charge in [-0.25, -0.2) is 0 Å². The van der Waals surface area contributed by atoms with E-state index in [0.717, 1.165) is 12.8 Å². The Bertz CT molecular complexity index is 457. The third-order valence-corrected chi connectivity index (χ3v) is 3.91. The largest absolute Gasteiger partial charge is 0.392 e. The second-order valence-electron chi connectivity index (χ2n) is 5.57. The number of aliphatic hydroxyl groups is 1. The van der Waals surface area contributed by atoms with Crippen LogP contribution in [0.15, 0.2) is 18.5 Å². The zero-order chi connectivity index (χ0) is 15.1. The fraction of sp³-hybridized carbons (Fsp3) is 0.625. The van der Waals surface area contributed by atoms with E-state index in [2.05, 4.69) is 10.3 Å². The zero-order valence-corrected chi connectivity index (χ0v) is 12.5. The van der Waals surface area contributed by atoms with Crippen molar-refractivity contribution in [3.8, 4) is 0 Å². The molecule has 0 radical (unpaired) electrons. The first-order chi connectivity index (χ1) is 10.2. The van der Waals surface area contributed by atoms with Crippen LogP contribution >= 0.6 is 0 Å². The highest BCUT2D eigenvalue weighted by molar-refractivity contribution is 5.94. The zero-order valence-electron chi connectivity index (χ0n) is 12.5. The molecule has 116 valence electrons. The average Bonchev–Trinajstić information content (AvgIpc) is 2.76. The van der Waals surface area contributed by atoms with Gasteiger partial charge in [-0.3, -0.25) is 9.78 Å². The van der Waals surface area contributed by atoms with E-state index in [0.29, 0.717) is 11.3 Å². The van der Waals surface area contributed by atoms with E-state index in [-0.39, 0.29) is 18.6 Å². The Balaban J connectivity index is 1.89. The summed E-state index contributed by atoms with van der Waals surface area (Å²) in [5, 5.41) is 12.0. The second-order valence-corrected chi connectivity index (χ2v) is 5.57. The van der Waals surface area contributed by atoms with E-state index >= 15 is 0 Å². The van der Waals surface area contributed by atoms with E-state index < -0.39 is 6.10 Å². The standard InChI is InChI=1S/C16H24N2O3/c1-12(21-14-6-4-2-3-5-7-14)16(20)18-15-10-17-9-8-13(15)11-19/h8-10,12,14,19H,2-7,11H2,1H3,(H,18,20). The van der Waals surface area contributed by atoms with Crippen LogP contribution in [0.4, 0.5) is 5.69 Å². The van der Waals surface area contributed by atoms with Crippen LogP contribution in [0.1, 0.15) is 51.0 Å². The predicted molar refractivity (Wildman–Crippen MR) is 80.8 cm³/mol. The van der Waals surface area contributed by atoms with E-state index in [4.69, 9.17) is 4.74 Å². The molecule has 1 amide bonds. The number of hydrogen-bond donors (Lipinski definition) is 2. The number of pyridine rings is 1. The third-order valence-electron chi connectivity index (χ3n) is 3.91. The lowest BCUT2D eigenvalue weighted by atomic mass is 10.1. The summed E-state index contributed by atoms with van der Waals surface area (Å²) in [5.74, 6) is -0.193. The number of hydrogen-bond acceptors (Lipinski definition) is 4. The van der Waals surface area contributed by atoms with Crippen molar-refractivity contribution in [1.82, 2.24) is 4.98 Å². The van der Waals surface area contributed by atoms with E-state index in [9.17, 15) is 9.90 Å². The van der Waals surface area contributed by atoms with E-state index in [1.807, 2.05) is 0 Å². The highest BCUT2D eigenvalue weighted by Crippen LogP contribution is 2.21. The number of rotatable bonds is 5. The fourth-order valence-electron chi connectivity index (χ4n) is 2.64. The molecule has 1 aromatic rings. The maximum absolute atomic E-state index is 12.2. The summed E-state index contributed by atoms with van der Waals surface area (Å²) in [6.07, 6.45) is 9.76. The Hall–Kier alpha value is -1.46. The van der Waals surface area contributed by atoms with Gasteiger partial charge < -0.3 is 15.2 Å². The summed E-state index contributed by atoms with van der Waals surface area (Å²) >= 11 is 0. The van der Waals surface area contributed by atoms with Crippen molar-refractivity contribution >= 4 is 11.6 Å². The molecule has 1 unspecified atom stereocenters. The molecular formula is C16H24N2O3. The molecule has 1 fully saturated rings. The van der Waals surface area contributed by atoms with Crippen LogP contribution in [0.2, 0.25) is 0 Å². The van der Waals surface area contributed by atoms with Crippen LogP contribution in [0, 0.1) is 0 Å². The van der Waals surface area contributed by atoms with Gasteiger partial charge in [-0.15, -0.1) is 0 Å². The van der Waals surface area contributed by atoms with Crippen LogP contribution in [-0.4, -0.2) is 28.2 Å². The summed E-state index contributed by atoms with van der Waals surface area (Å²) in [5.41, 5.74) is 1.20. The molecule has 1 atom stereocenters. The van der Waals surface area contributed by atoms with Gasteiger partial charge in [0.15, 0.2) is 0 Å². The van der Waals surface area contributed by atoms with Crippen molar-refractivity contribution < 1.29 is 14.6 Å². The Morgan fingerprint density at radius 3 is 2.81 bits per heavy atom.